The van der Waals surface area contributed by atoms with E-state index in [4.69, 9.17) is 0 Å². The van der Waals surface area contributed by atoms with Gasteiger partial charge in [0.1, 0.15) is 5.65 Å². The lowest BCUT2D eigenvalue weighted by atomic mass is 9.88. The van der Waals surface area contributed by atoms with E-state index < -0.39 is 0 Å². The summed E-state index contributed by atoms with van der Waals surface area (Å²) in [6.45, 7) is 4.44. The van der Waals surface area contributed by atoms with Gasteiger partial charge in [0.25, 0.3) is 0 Å². The second-order valence-corrected chi connectivity index (χ2v) is 7.02. The number of nitrogens with zero attached hydrogens (tertiary/aromatic N) is 3. The van der Waals surface area contributed by atoms with E-state index in [1.165, 1.54) is 33.4 Å². The fourth-order valence-corrected chi connectivity index (χ4v) is 4.01. The lowest BCUT2D eigenvalue weighted by Gasteiger charge is -2.17. The molecule has 5 rings (SSSR count). The van der Waals surface area contributed by atoms with Gasteiger partial charge in [0.05, 0.1) is 5.52 Å². The minimum atomic E-state index is 0.924. The smallest absolute Gasteiger partial charge is 0.137 e. The number of rotatable bonds is 2. The molecule has 1 aliphatic carbocycles. The average Bonchev–Trinajstić information content (AvgIpc) is 3.27. The molecule has 0 atom stereocenters. The minimum absolute atomic E-state index is 0.924. The summed E-state index contributed by atoms with van der Waals surface area (Å²) in [5, 5.41) is 5.44. The number of pyridine rings is 2. The second kappa shape index (κ2) is 5.70. The van der Waals surface area contributed by atoms with Crippen LogP contribution in [0.1, 0.15) is 32.3 Å². The molecule has 4 nitrogen and oxygen atoms in total. The summed E-state index contributed by atoms with van der Waals surface area (Å²) < 4.78 is 1.88. The molecule has 4 aromatic heterocycles. The van der Waals surface area contributed by atoms with Crippen molar-refractivity contribution in [3.63, 3.8) is 0 Å². The molecule has 26 heavy (non-hydrogen) atoms. The predicted octanol–water partition coefficient (Wildman–Crippen LogP) is 5.39. The van der Waals surface area contributed by atoms with Gasteiger partial charge in [-0.3, -0.25) is 0 Å². The van der Waals surface area contributed by atoms with Gasteiger partial charge >= 0.3 is 0 Å². The van der Waals surface area contributed by atoms with Crippen molar-refractivity contribution in [2.45, 2.75) is 26.7 Å². The van der Waals surface area contributed by atoms with E-state index >= 15 is 0 Å². The zero-order valence-corrected chi connectivity index (χ0v) is 15.0. The molecule has 0 spiro atoms. The van der Waals surface area contributed by atoms with E-state index in [1.807, 2.05) is 29.2 Å². The van der Waals surface area contributed by atoms with Crippen LogP contribution in [0, 0.1) is 0 Å². The standard InChI is InChI=1S/C22H20N4/c1-14-4-3-5-15(2)21(14)17-11-19-20(13-24-22(19)23-12-17)16-7-9-26-18(10-16)6-8-25-26/h4,6-13H,3,5H2,1-2H3,(H,23,24). The lowest BCUT2D eigenvalue weighted by molar-refractivity contribution is 0.952. The number of nitrogens with one attached hydrogen (secondary N) is 1. The Bertz CT molecular complexity index is 1200. The van der Waals surface area contributed by atoms with Gasteiger partial charge in [-0.1, -0.05) is 11.6 Å². The van der Waals surface area contributed by atoms with Gasteiger partial charge in [-0.25, -0.2) is 9.50 Å². The number of aromatic amines is 1. The number of aromatic nitrogens is 4. The first-order chi connectivity index (χ1) is 12.7. The quantitative estimate of drug-likeness (QED) is 0.532. The number of hydrogen-bond donors (Lipinski definition) is 1. The molecule has 0 bridgehead atoms. The van der Waals surface area contributed by atoms with Crippen LogP contribution in [0.2, 0.25) is 0 Å². The summed E-state index contributed by atoms with van der Waals surface area (Å²) in [6, 6.07) is 8.56. The van der Waals surface area contributed by atoms with Gasteiger partial charge in [-0.05, 0) is 67.7 Å². The summed E-state index contributed by atoms with van der Waals surface area (Å²) in [7, 11) is 0. The van der Waals surface area contributed by atoms with Crippen LogP contribution >= 0.6 is 0 Å². The first-order valence-electron chi connectivity index (χ1n) is 8.99. The normalized spacial score (nSPS) is 15.1. The summed E-state index contributed by atoms with van der Waals surface area (Å²) >= 11 is 0. The monoisotopic (exact) mass is 340 g/mol. The van der Waals surface area contributed by atoms with Crippen molar-refractivity contribution in [3.05, 3.63) is 71.8 Å². The Morgan fingerprint density at radius 1 is 1.12 bits per heavy atom. The highest BCUT2D eigenvalue weighted by Gasteiger charge is 2.15. The number of H-pyrrole nitrogens is 1. The Labute approximate surface area is 151 Å². The SMILES string of the molecule is CC1=CCCC(C)=C1c1cnc2[nH]cc(-c3ccn4nccc4c3)c2c1. The Balaban J connectivity index is 1.69. The van der Waals surface area contributed by atoms with Gasteiger partial charge in [-0.2, -0.15) is 5.10 Å². The maximum Gasteiger partial charge on any atom is 0.137 e. The first-order valence-corrected chi connectivity index (χ1v) is 8.99. The summed E-state index contributed by atoms with van der Waals surface area (Å²) in [6.07, 6.45) is 12.5. The van der Waals surface area contributed by atoms with E-state index in [9.17, 15) is 0 Å². The van der Waals surface area contributed by atoms with Gasteiger partial charge in [-0.15, -0.1) is 0 Å². The van der Waals surface area contributed by atoms with E-state index in [-0.39, 0.29) is 0 Å². The number of fused-ring (bicyclic) bond motifs is 2. The fraction of sp³-hybridized carbons (Fsp3) is 0.182. The van der Waals surface area contributed by atoms with Crippen LogP contribution in [0.3, 0.4) is 0 Å². The maximum atomic E-state index is 4.69. The molecule has 4 heteroatoms. The molecule has 0 aliphatic heterocycles. The predicted molar refractivity (Wildman–Crippen MR) is 106 cm³/mol. The Morgan fingerprint density at radius 2 is 2.04 bits per heavy atom. The van der Waals surface area contributed by atoms with Crippen molar-refractivity contribution < 1.29 is 0 Å². The third kappa shape index (κ3) is 2.30. The van der Waals surface area contributed by atoms with Crippen LogP contribution in [-0.4, -0.2) is 19.6 Å². The Hall–Kier alpha value is -3.14. The molecule has 0 saturated heterocycles. The van der Waals surface area contributed by atoms with Gasteiger partial charge < -0.3 is 4.98 Å². The molecule has 4 aromatic rings. The molecule has 0 saturated carbocycles. The fourth-order valence-electron chi connectivity index (χ4n) is 4.01. The molecule has 4 heterocycles. The number of hydrogen-bond acceptors (Lipinski definition) is 2. The van der Waals surface area contributed by atoms with Crippen LogP contribution < -0.4 is 0 Å². The van der Waals surface area contributed by atoms with Crippen LogP contribution in [-0.2, 0) is 0 Å². The zero-order valence-electron chi connectivity index (χ0n) is 15.0. The Morgan fingerprint density at radius 3 is 2.92 bits per heavy atom. The van der Waals surface area contributed by atoms with E-state index in [1.54, 1.807) is 0 Å². The molecular weight excluding hydrogens is 320 g/mol. The molecule has 128 valence electrons. The molecule has 0 aromatic carbocycles. The third-order valence-electron chi connectivity index (χ3n) is 5.32. The van der Waals surface area contributed by atoms with Crippen LogP contribution in [0.4, 0.5) is 0 Å². The van der Waals surface area contributed by atoms with Crippen molar-refractivity contribution >= 4 is 22.1 Å². The average molecular weight is 340 g/mol. The number of allylic oxidation sites excluding steroid dienone is 4. The highest BCUT2D eigenvalue weighted by Crippen LogP contribution is 2.35. The zero-order chi connectivity index (χ0) is 17.7. The van der Waals surface area contributed by atoms with Crippen molar-refractivity contribution in [1.29, 1.82) is 0 Å². The largest absolute Gasteiger partial charge is 0.346 e. The summed E-state index contributed by atoms with van der Waals surface area (Å²) in [5.41, 5.74) is 9.72. The second-order valence-electron chi connectivity index (χ2n) is 7.02. The van der Waals surface area contributed by atoms with Crippen molar-refractivity contribution in [1.82, 2.24) is 19.6 Å². The van der Waals surface area contributed by atoms with Crippen LogP contribution in [0.15, 0.2) is 66.3 Å². The van der Waals surface area contributed by atoms with Crippen LogP contribution in [0.25, 0.3) is 33.3 Å². The summed E-state index contributed by atoms with van der Waals surface area (Å²) in [4.78, 5) is 8.01. The molecule has 1 aliphatic rings. The van der Waals surface area contributed by atoms with Crippen molar-refractivity contribution in [2.24, 2.45) is 0 Å². The molecule has 0 radical (unpaired) electrons. The highest BCUT2D eigenvalue weighted by atomic mass is 15.2. The summed E-state index contributed by atoms with van der Waals surface area (Å²) in [5.74, 6) is 0. The molecule has 1 N–H and O–H groups in total. The molecule has 0 amide bonds. The van der Waals surface area contributed by atoms with Crippen molar-refractivity contribution in [2.75, 3.05) is 0 Å². The third-order valence-corrected chi connectivity index (χ3v) is 5.32. The lowest BCUT2D eigenvalue weighted by Crippen LogP contribution is -1.97. The van der Waals surface area contributed by atoms with E-state index in [0.717, 1.165) is 29.4 Å². The van der Waals surface area contributed by atoms with Gasteiger partial charge in [0.2, 0.25) is 0 Å². The highest BCUT2D eigenvalue weighted by molar-refractivity contribution is 5.97. The minimum Gasteiger partial charge on any atom is -0.346 e. The van der Waals surface area contributed by atoms with E-state index in [0.29, 0.717) is 0 Å². The van der Waals surface area contributed by atoms with E-state index in [2.05, 4.69) is 59.4 Å². The first kappa shape index (κ1) is 15.1. The van der Waals surface area contributed by atoms with Crippen LogP contribution in [0.5, 0.6) is 0 Å². The van der Waals surface area contributed by atoms with Gasteiger partial charge in [0.15, 0.2) is 0 Å². The molecular formula is C22H20N4. The molecule has 0 fully saturated rings. The topological polar surface area (TPSA) is 46.0 Å². The molecule has 0 unspecified atom stereocenters. The Kier molecular flexibility index (Phi) is 3.32. The maximum absolute atomic E-state index is 4.69. The van der Waals surface area contributed by atoms with Gasteiger partial charge in [0, 0.05) is 41.3 Å². The van der Waals surface area contributed by atoms with Crippen molar-refractivity contribution in [3.8, 4) is 11.1 Å².